The van der Waals surface area contributed by atoms with Crippen LogP contribution < -0.4 is 5.73 Å². The van der Waals surface area contributed by atoms with Gasteiger partial charge in [0.25, 0.3) is 0 Å². The van der Waals surface area contributed by atoms with Gasteiger partial charge in [0.15, 0.2) is 5.83 Å². The Hall–Kier alpha value is -1.71. The Bertz CT molecular complexity index is 762. The second-order valence-electron chi connectivity index (χ2n) is 8.45. The van der Waals surface area contributed by atoms with Gasteiger partial charge in [-0.25, -0.2) is 4.39 Å². The van der Waals surface area contributed by atoms with Crippen molar-refractivity contribution in [1.29, 1.82) is 0 Å². The Morgan fingerprint density at radius 1 is 1.21 bits per heavy atom. The quantitative estimate of drug-likeness (QED) is 0.738. The third-order valence-corrected chi connectivity index (χ3v) is 7.34. The summed E-state index contributed by atoms with van der Waals surface area (Å²) in [6.07, 6.45) is 6.97. The molecular formula is C20H24FNO2. The molecule has 0 bridgehead atoms. The van der Waals surface area contributed by atoms with Crippen molar-refractivity contribution < 1.29 is 14.0 Å². The van der Waals surface area contributed by atoms with Gasteiger partial charge in [0.1, 0.15) is 5.78 Å². The van der Waals surface area contributed by atoms with Gasteiger partial charge in [0.2, 0.25) is 5.78 Å². The van der Waals surface area contributed by atoms with Crippen molar-refractivity contribution in [2.24, 2.45) is 34.3 Å². The predicted molar refractivity (Wildman–Crippen MR) is 89.3 cm³/mol. The van der Waals surface area contributed by atoms with Crippen LogP contribution in [0.1, 0.15) is 46.5 Å². The summed E-state index contributed by atoms with van der Waals surface area (Å²) in [5.74, 6) is -0.295. The number of hydrogen-bond acceptors (Lipinski definition) is 3. The summed E-state index contributed by atoms with van der Waals surface area (Å²) in [5.41, 5.74) is 7.05. The topological polar surface area (TPSA) is 60.2 Å². The van der Waals surface area contributed by atoms with E-state index in [-0.39, 0.29) is 22.9 Å². The number of Topliss-reactive ketones (excluding diaryl/α,β-unsaturated/α-hetero) is 2. The number of nitrogens with two attached hydrogens (primary N) is 1. The SMILES string of the molecule is CC1=C[C@@H]2[C@H](CC[C@]3(C)C(=O)CC[C@@H]23)[C@@]2(C)C=C(F)C(=O)C(N)=C12. The smallest absolute Gasteiger partial charge is 0.236 e. The van der Waals surface area contributed by atoms with Gasteiger partial charge in [-0.3, -0.25) is 9.59 Å². The van der Waals surface area contributed by atoms with Crippen LogP contribution in [0.4, 0.5) is 4.39 Å². The van der Waals surface area contributed by atoms with Crippen LogP contribution >= 0.6 is 0 Å². The van der Waals surface area contributed by atoms with Gasteiger partial charge in [0.05, 0.1) is 5.70 Å². The molecule has 4 aliphatic rings. The highest BCUT2D eigenvalue weighted by Crippen LogP contribution is 2.63. The van der Waals surface area contributed by atoms with E-state index in [1.165, 1.54) is 6.08 Å². The molecule has 4 heteroatoms. The lowest BCUT2D eigenvalue weighted by molar-refractivity contribution is -0.130. The number of allylic oxidation sites excluding steroid dienone is 5. The molecule has 0 unspecified atom stereocenters. The van der Waals surface area contributed by atoms with E-state index < -0.39 is 17.0 Å². The number of halogens is 1. The van der Waals surface area contributed by atoms with Gasteiger partial charge in [-0.05, 0) is 61.2 Å². The second-order valence-corrected chi connectivity index (χ2v) is 8.45. The van der Waals surface area contributed by atoms with Crippen molar-refractivity contribution in [1.82, 2.24) is 0 Å². The van der Waals surface area contributed by atoms with Gasteiger partial charge in [-0.2, -0.15) is 0 Å². The lowest BCUT2D eigenvalue weighted by Crippen LogP contribution is -2.50. The van der Waals surface area contributed by atoms with Crippen LogP contribution in [0.15, 0.2) is 34.8 Å². The van der Waals surface area contributed by atoms with Gasteiger partial charge in [0, 0.05) is 17.3 Å². The Morgan fingerprint density at radius 3 is 2.62 bits per heavy atom. The van der Waals surface area contributed by atoms with Crippen molar-refractivity contribution in [3.05, 3.63) is 34.8 Å². The molecule has 0 aliphatic heterocycles. The molecule has 128 valence electrons. The average Bonchev–Trinajstić information content (AvgIpc) is 2.80. The molecule has 3 nitrogen and oxygen atoms in total. The van der Waals surface area contributed by atoms with Crippen LogP contribution in [-0.2, 0) is 9.59 Å². The lowest BCUT2D eigenvalue weighted by Gasteiger charge is -2.54. The molecule has 5 atom stereocenters. The highest BCUT2D eigenvalue weighted by Gasteiger charge is 2.59. The molecule has 0 aromatic carbocycles. The van der Waals surface area contributed by atoms with Crippen LogP contribution in [0.3, 0.4) is 0 Å². The molecule has 0 aromatic rings. The summed E-state index contributed by atoms with van der Waals surface area (Å²) in [6.45, 7) is 6.08. The number of rotatable bonds is 0. The van der Waals surface area contributed by atoms with Crippen LogP contribution in [0, 0.1) is 28.6 Å². The van der Waals surface area contributed by atoms with Gasteiger partial charge in [-0.1, -0.05) is 19.9 Å². The van der Waals surface area contributed by atoms with E-state index in [0.29, 0.717) is 18.1 Å². The molecule has 4 aliphatic carbocycles. The maximum Gasteiger partial charge on any atom is 0.236 e. The minimum Gasteiger partial charge on any atom is -0.395 e. The molecular weight excluding hydrogens is 305 g/mol. The molecule has 24 heavy (non-hydrogen) atoms. The van der Waals surface area contributed by atoms with E-state index in [0.717, 1.165) is 30.4 Å². The van der Waals surface area contributed by atoms with Gasteiger partial charge in [-0.15, -0.1) is 0 Å². The maximum atomic E-state index is 14.3. The van der Waals surface area contributed by atoms with Gasteiger partial charge < -0.3 is 5.73 Å². The van der Waals surface area contributed by atoms with Crippen LogP contribution in [0.25, 0.3) is 0 Å². The normalized spacial score (nSPS) is 44.6. The highest BCUT2D eigenvalue weighted by molar-refractivity contribution is 6.08. The van der Waals surface area contributed by atoms with Crippen LogP contribution in [-0.4, -0.2) is 11.6 Å². The van der Waals surface area contributed by atoms with E-state index in [2.05, 4.69) is 13.0 Å². The molecule has 0 heterocycles. The fraction of sp³-hybridized carbons (Fsp3) is 0.600. The Kier molecular flexibility index (Phi) is 3.08. The van der Waals surface area contributed by atoms with Crippen molar-refractivity contribution >= 4 is 11.6 Å². The molecule has 0 radical (unpaired) electrons. The molecule has 0 amide bonds. The van der Waals surface area contributed by atoms with E-state index in [1.807, 2.05) is 13.8 Å². The molecule has 4 rings (SSSR count). The number of hydrogen-bond donors (Lipinski definition) is 1. The first kappa shape index (κ1) is 15.8. The molecule has 2 saturated carbocycles. The fourth-order valence-corrected chi connectivity index (χ4v) is 6.13. The molecule has 0 spiro atoms. The van der Waals surface area contributed by atoms with Crippen molar-refractivity contribution in [3.8, 4) is 0 Å². The zero-order chi connectivity index (χ0) is 17.4. The Morgan fingerprint density at radius 2 is 1.92 bits per heavy atom. The van der Waals surface area contributed by atoms with Crippen molar-refractivity contribution in [2.75, 3.05) is 0 Å². The zero-order valence-corrected chi connectivity index (χ0v) is 14.5. The van der Waals surface area contributed by atoms with E-state index in [9.17, 15) is 14.0 Å². The maximum absolute atomic E-state index is 14.3. The zero-order valence-electron chi connectivity index (χ0n) is 14.5. The predicted octanol–water partition coefficient (Wildman–Crippen LogP) is 3.61. The standard InChI is InChI=1S/C20H24FNO2/c1-10-8-11-12-4-5-15(23)19(12,2)7-6-13(11)20(3)9-14(21)18(24)17(22)16(10)20/h8-9,11-13H,4-7,22H2,1-3H3/t11-,12-,13-,19-,20+/m0/s1. The molecule has 2 fully saturated rings. The lowest BCUT2D eigenvalue weighted by atomic mass is 9.49. The summed E-state index contributed by atoms with van der Waals surface area (Å²) in [6, 6.07) is 0. The first-order valence-corrected chi connectivity index (χ1v) is 8.85. The van der Waals surface area contributed by atoms with Crippen LogP contribution in [0.5, 0.6) is 0 Å². The average molecular weight is 329 g/mol. The van der Waals surface area contributed by atoms with Crippen molar-refractivity contribution in [3.63, 3.8) is 0 Å². The van der Waals surface area contributed by atoms with E-state index >= 15 is 0 Å². The third kappa shape index (κ3) is 1.72. The number of carbonyl (C=O) groups excluding carboxylic acids is 2. The van der Waals surface area contributed by atoms with Crippen LogP contribution in [0.2, 0.25) is 0 Å². The summed E-state index contributed by atoms with van der Waals surface area (Å²) >= 11 is 0. The monoisotopic (exact) mass is 329 g/mol. The number of fused-ring (bicyclic) bond motifs is 5. The fourth-order valence-electron chi connectivity index (χ4n) is 6.13. The first-order chi connectivity index (χ1) is 11.2. The highest BCUT2D eigenvalue weighted by atomic mass is 19.1. The van der Waals surface area contributed by atoms with Crippen molar-refractivity contribution in [2.45, 2.75) is 46.5 Å². The minimum atomic E-state index is -0.733. The minimum absolute atomic E-state index is 0.0560. The molecule has 0 saturated heterocycles. The van der Waals surface area contributed by atoms with Gasteiger partial charge >= 0.3 is 0 Å². The number of carbonyl (C=O) groups is 2. The van der Waals surface area contributed by atoms with E-state index in [1.54, 1.807) is 0 Å². The van der Waals surface area contributed by atoms with E-state index in [4.69, 9.17) is 5.73 Å². The first-order valence-electron chi connectivity index (χ1n) is 8.85. The third-order valence-electron chi connectivity index (χ3n) is 7.34. The largest absolute Gasteiger partial charge is 0.395 e. The second kappa shape index (κ2) is 4.68. The molecule has 2 N–H and O–H groups in total. The summed E-state index contributed by atoms with van der Waals surface area (Å²) < 4.78 is 14.3. The molecule has 0 aromatic heterocycles. The summed E-state index contributed by atoms with van der Waals surface area (Å²) in [5, 5.41) is 0. The summed E-state index contributed by atoms with van der Waals surface area (Å²) in [7, 11) is 0. The Balaban J connectivity index is 1.89. The summed E-state index contributed by atoms with van der Waals surface area (Å²) in [4.78, 5) is 24.4. The number of ketones is 2. The Labute approximate surface area is 141 Å².